The van der Waals surface area contributed by atoms with Gasteiger partial charge in [0.25, 0.3) is 0 Å². The van der Waals surface area contributed by atoms with Crippen LogP contribution in [0.3, 0.4) is 0 Å². The minimum absolute atomic E-state index is 0.453. The smallest absolute Gasteiger partial charge is 0.137 e. The molecule has 84 valence electrons. The van der Waals surface area contributed by atoms with Crippen molar-refractivity contribution in [3.8, 4) is 0 Å². The zero-order chi connectivity index (χ0) is 11.5. The highest BCUT2D eigenvalue weighted by molar-refractivity contribution is 6.30. The van der Waals surface area contributed by atoms with Crippen LogP contribution in [0.15, 0.2) is 16.9 Å². The lowest BCUT2D eigenvalue weighted by molar-refractivity contribution is 0.391. The predicted molar refractivity (Wildman–Crippen MR) is 60.3 cm³/mol. The van der Waals surface area contributed by atoms with Crippen LogP contribution in [0.5, 0.6) is 0 Å². The van der Waals surface area contributed by atoms with E-state index in [0.29, 0.717) is 17.5 Å². The first kappa shape index (κ1) is 10.9. The molecule has 16 heavy (non-hydrogen) atoms. The first-order valence-corrected chi connectivity index (χ1v) is 5.18. The third-order valence-electron chi connectivity index (χ3n) is 2.14. The van der Waals surface area contributed by atoms with Gasteiger partial charge in [-0.05, 0) is 13.8 Å². The molecule has 0 aliphatic heterocycles. The molecular weight excluding hydrogens is 228 g/mol. The fourth-order valence-electron chi connectivity index (χ4n) is 1.28. The first-order chi connectivity index (χ1) is 7.66. The van der Waals surface area contributed by atoms with Crippen molar-refractivity contribution in [1.29, 1.82) is 0 Å². The first-order valence-electron chi connectivity index (χ1n) is 4.80. The number of nitrogens with zero attached hydrogens (tertiary/aromatic N) is 3. The number of anilines is 1. The highest BCUT2D eigenvalue weighted by Crippen LogP contribution is 2.18. The van der Waals surface area contributed by atoms with Crippen LogP contribution < -0.4 is 5.32 Å². The highest BCUT2D eigenvalue weighted by atomic mass is 35.5. The van der Waals surface area contributed by atoms with Gasteiger partial charge in [-0.1, -0.05) is 16.8 Å². The molecule has 2 rings (SSSR count). The van der Waals surface area contributed by atoms with Crippen molar-refractivity contribution in [1.82, 2.24) is 15.1 Å². The van der Waals surface area contributed by atoms with Crippen LogP contribution in [-0.2, 0) is 6.54 Å². The van der Waals surface area contributed by atoms with E-state index in [1.54, 1.807) is 0 Å². The Balaban J connectivity index is 2.07. The number of rotatable bonds is 3. The lowest BCUT2D eigenvalue weighted by Crippen LogP contribution is -2.04. The van der Waals surface area contributed by atoms with Crippen LogP contribution in [0.25, 0.3) is 0 Å². The van der Waals surface area contributed by atoms with Crippen molar-refractivity contribution in [2.24, 2.45) is 0 Å². The monoisotopic (exact) mass is 238 g/mol. The molecule has 2 aromatic rings. The summed E-state index contributed by atoms with van der Waals surface area (Å²) in [6.45, 7) is 4.26. The highest BCUT2D eigenvalue weighted by Gasteiger charge is 2.05. The summed E-state index contributed by atoms with van der Waals surface area (Å²) in [6, 6.07) is 1.87. The minimum atomic E-state index is 0.453. The molecule has 2 heterocycles. The second-order valence-corrected chi connectivity index (χ2v) is 3.78. The molecule has 5 nitrogen and oxygen atoms in total. The van der Waals surface area contributed by atoms with Gasteiger partial charge in [0.2, 0.25) is 0 Å². The Morgan fingerprint density at radius 3 is 2.88 bits per heavy atom. The molecule has 0 saturated carbocycles. The van der Waals surface area contributed by atoms with E-state index < -0.39 is 0 Å². The molecule has 0 fully saturated rings. The average Bonchev–Trinajstić information content (AvgIpc) is 2.67. The molecule has 0 saturated heterocycles. The van der Waals surface area contributed by atoms with Gasteiger partial charge in [0, 0.05) is 11.6 Å². The number of nitrogens with one attached hydrogen (secondary N) is 1. The number of hydrogen-bond acceptors (Lipinski definition) is 5. The maximum absolute atomic E-state index is 5.87. The molecule has 6 heteroatoms. The summed E-state index contributed by atoms with van der Waals surface area (Å²) in [4.78, 5) is 7.97. The van der Waals surface area contributed by atoms with Crippen LogP contribution in [0.1, 0.15) is 17.0 Å². The summed E-state index contributed by atoms with van der Waals surface area (Å²) in [7, 11) is 0. The van der Waals surface area contributed by atoms with Crippen molar-refractivity contribution in [3.05, 3.63) is 34.6 Å². The molecule has 0 aliphatic carbocycles. The summed E-state index contributed by atoms with van der Waals surface area (Å²) in [5.74, 6) is 1.50. The summed E-state index contributed by atoms with van der Waals surface area (Å²) in [6.07, 6.45) is 1.42. The van der Waals surface area contributed by atoms with Crippen LogP contribution in [-0.4, -0.2) is 15.1 Å². The van der Waals surface area contributed by atoms with E-state index >= 15 is 0 Å². The van der Waals surface area contributed by atoms with Crippen LogP contribution in [0.4, 0.5) is 5.82 Å². The third-order valence-corrected chi connectivity index (χ3v) is 2.52. The van der Waals surface area contributed by atoms with Crippen molar-refractivity contribution in [2.45, 2.75) is 20.4 Å². The van der Waals surface area contributed by atoms with Crippen LogP contribution in [0, 0.1) is 13.8 Å². The normalized spacial score (nSPS) is 10.4. The van der Waals surface area contributed by atoms with Gasteiger partial charge < -0.3 is 9.84 Å². The fourth-order valence-corrected chi connectivity index (χ4v) is 1.42. The van der Waals surface area contributed by atoms with Crippen molar-refractivity contribution >= 4 is 17.4 Å². The van der Waals surface area contributed by atoms with Crippen molar-refractivity contribution in [3.63, 3.8) is 0 Å². The summed E-state index contributed by atoms with van der Waals surface area (Å²) in [5.41, 5.74) is 1.65. The quantitative estimate of drug-likeness (QED) is 0.832. The number of hydrogen-bond donors (Lipinski definition) is 1. The Kier molecular flexibility index (Phi) is 3.05. The Hall–Kier alpha value is -1.62. The van der Waals surface area contributed by atoms with Gasteiger partial charge >= 0.3 is 0 Å². The second kappa shape index (κ2) is 4.49. The Labute approximate surface area is 97.8 Å². The molecular formula is C10H11ClN4O. The maximum Gasteiger partial charge on any atom is 0.137 e. The molecule has 0 aromatic carbocycles. The van der Waals surface area contributed by atoms with Gasteiger partial charge in [0.1, 0.15) is 28.8 Å². The van der Waals surface area contributed by atoms with E-state index in [0.717, 1.165) is 17.0 Å². The minimum Gasteiger partial charge on any atom is -0.364 e. The lowest BCUT2D eigenvalue weighted by Gasteiger charge is -2.06. The van der Waals surface area contributed by atoms with E-state index in [1.807, 2.05) is 19.9 Å². The molecule has 0 radical (unpaired) electrons. The van der Waals surface area contributed by atoms with E-state index in [2.05, 4.69) is 20.4 Å². The molecule has 0 amide bonds. The lowest BCUT2D eigenvalue weighted by atomic mass is 10.3. The average molecular weight is 239 g/mol. The molecule has 1 N–H and O–H groups in total. The maximum atomic E-state index is 5.87. The van der Waals surface area contributed by atoms with Crippen molar-refractivity contribution in [2.75, 3.05) is 5.32 Å². The number of halogens is 1. The van der Waals surface area contributed by atoms with E-state index in [1.165, 1.54) is 6.33 Å². The number of aryl methyl sites for hydroxylation is 1. The largest absolute Gasteiger partial charge is 0.364 e. The zero-order valence-electron chi connectivity index (χ0n) is 8.99. The SMILES string of the molecule is Cc1cc(CNc2ncnc(Cl)c2C)no1. The van der Waals surface area contributed by atoms with Gasteiger partial charge in [-0.15, -0.1) is 0 Å². The van der Waals surface area contributed by atoms with E-state index in [9.17, 15) is 0 Å². The number of aromatic nitrogens is 3. The predicted octanol–water partition coefficient (Wildman–Crippen LogP) is 2.35. The summed E-state index contributed by atoms with van der Waals surface area (Å²) >= 11 is 5.87. The third kappa shape index (κ3) is 2.30. The Morgan fingerprint density at radius 1 is 1.38 bits per heavy atom. The van der Waals surface area contributed by atoms with Crippen molar-refractivity contribution < 1.29 is 4.52 Å². The second-order valence-electron chi connectivity index (χ2n) is 3.42. The molecule has 0 atom stereocenters. The standard InChI is InChI=1S/C10H11ClN4O/c1-6-3-8(15-16-6)4-12-10-7(2)9(11)13-5-14-10/h3,5H,4H2,1-2H3,(H,12,13,14). The molecule has 0 aliphatic rings. The Morgan fingerprint density at radius 2 is 2.19 bits per heavy atom. The van der Waals surface area contributed by atoms with Gasteiger partial charge in [-0.3, -0.25) is 0 Å². The fraction of sp³-hybridized carbons (Fsp3) is 0.300. The van der Waals surface area contributed by atoms with Crippen LogP contribution >= 0.6 is 11.6 Å². The van der Waals surface area contributed by atoms with E-state index in [-0.39, 0.29) is 0 Å². The van der Waals surface area contributed by atoms with Gasteiger partial charge in [0.05, 0.1) is 6.54 Å². The molecule has 2 aromatic heterocycles. The zero-order valence-corrected chi connectivity index (χ0v) is 9.75. The molecule has 0 unspecified atom stereocenters. The van der Waals surface area contributed by atoms with Gasteiger partial charge in [-0.25, -0.2) is 9.97 Å². The van der Waals surface area contributed by atoms with Crippen LogP contribution in [0.2, 0.25) is 5.15 Å². The summed E-state index contributed by atoms with van der Waals surface area (Å²) in [5, 5.41) is 7.45. The molecule has 0 spiro atoms. The van der Waals surface area contributed by atoms with Gasteiger partial charge in [0.15, 0.2) is 0 Å². The Bertz CT molecular complexity index is 497. The van der Waals surface area contributed by atoms with E-state index in [4.69, 9.17) is 16.1 Å². The topological polar surface area (TPSA) is 63.8 Å². The summed E-state index contributed by atoms with van der Waals surface area (Å²) < 4.78 is 4.96. The molecule has 0 bridgehead atoms. The van der Waals surface area contributed by atoms with Gasteiger partial charge in [-0.2, -0.15) is 0 Å².